The molecule has 2 heterocycles. The Balaban J connectivity index is 1.88. The molecule has 0 aliphatic carbocycles. The highest BCUT2D eigenvalue weighted by Gasteiger charge is 2.14. The van der Waals surface area contributed by atoms with Gasteiger partial charge < -0.3 is 14.0 Å². The second-order valence-corrected chi connectivity index (χ2v) is 8.64. The van der Waals surface area contributed by atoms with E-state index >= 15 is 0 Å². The van der Waals surface area contributed by atoms with Crippen LogP contribution >= 0.6 is 0 Å². The van der Waals surface area contributed by atoms with Gasteiger partial charge in [-0.1, -0.05) is 33.1 Å². The number of aryl methyl sites for hydroxylation is 4. The first kappa shape index (κ1) is 23.7. The minimum absolute atomic E-state index is 0.827. The second kappa shape index (κ2) is 12.2. The number of unbranched alkanes of at least 4 members (excludes halogenated alkanes) is 1. The standard InChI is InChI=1S/C24H43N5/c1-7-9-12-22(8-2)19-29(15-10-13-23-17-25-20(3)27(23)5)16-11-14-24-18-26-21(4)28(24)6/h17-18,22H,7-16,19H2,1-6H3. The highest BCUT2D eigenvalue weighted by molar-refractivity contribution is 5.04. The minimum atomic E-state index is 0.827. The second-order valence-electron chi connectivity index (χ2n) is 8.64. The first-order chi connectivity index (χ1) is 14.0. The average molecular weight is 402 g/mol. The quantitative estimate of drug-likeness (QED) is 0.454. The summed E-state index contributed by atoms with van der Waals surface area (Å²) < 4.78 is 4.45. The Morgan fingerprint density at radius 2 is 1.38 bits per heavy atom. The molecule has 0 spiro atoms. The normalized spacial score (nSPS) is 12.8. The molecule has 1 unspecified atom stereocenters. The zero-order chi connectivity index (χ0) is 21.2. The summed E-state index contributed by atoms with van der Waals surface area (Å²) in [6, 6.07) is 0. The number of aromatic nitrogens is 4. The van der Waals surface area contributed by atoms with Crippen LogP contribution in [0.1, 0.15) is 75.4 Å². The van der Waals surface area contributed by atoms with Crippen LogP contribution in [0.25, 0.3) is 0 Å². The van der Waals surface area contributed by atoms with Gasteiger partial charge in [-0.3, -0.25) is 0 Å². The van der Waals surface area contributed by atoms with Gasteiger partial charge in [-0.15, -0.1) is 0 Å². The van der Waals surface area contributed by atoms with Crippen LogP contribution in [0.2, 0.25) is 0 Å². The maximum absolute atomic E-state index is 4.44. The first-order valence-corrected chi connectivity index (χ1v) is 11.6. The van der Waals surface area contributed by atoms with Crippen LogP contribution in [0.5, 0.6) is 0 Å². The Labute approximate surface area is 178 Å². The fourth-order valence-electron chi connectivity index (χ4n) is 4.11. The average Bonchev–Trinajstić information content (AvgIpc) is 3.21. The number of rotatable bonds is 14. The predicted molar refractivity (Wildman–Crippen MR) is 122 cm³/mol. The van der Waals surface area contributed by atoms with Crippen molar-refractivity contribution >= 4 is 0 Å². The molecule has 0 aliphatic rings. The summed E-state index contributed by atoms with van der Waals surface area (Å²) in [5.74, 6) is 3.04. The van der Waals surface area contributed by atoms with Gasteiger partial charge in [0.1, 0.15) is 11.6 Å². The minimum Gasteiger partial charge on any atom is -0.335 e. The van der Waals surface area contributed by atoms with E-state index in [2.05, 4.69) is 65.8 Å². The third-order valence-corrected chi connectivity index (χ3v) is 6.51. The number of nitrogens with zero attached hydrogens (tertiary/aromatic N) is 5. The van der Waals surface area contributed by atoms with Crippen molar-refractivity contribution in [3.8, 4) is 0 Å². The van der Waals surface area contributed by atoms with Crippen molar-refractivity contribution in [2.24, 2.45) is 20.0 Å². The summed E-state index contributed by atoms with van der Waals surface area (Å²) in [6.07, 6.45) is 14.0. The van der Waals surface area contributed by atoms with E-state index in [1.807, 2.05) is 12.4 Å². The van der Waals surface area contributed by atoms with Crippen molar-refractivity contribution in [1.82, 2.24) is 24.0 Å². The van der Waals surface area contributed by atoms with Crippen LogP contribution < -0.4 is 0 Å². The molecule has 0 aliphatic heterocycles. The highest BCUT2D eigenvalue weighted by atomic mass is 15.1. The molecule has 5 heteroatoms. The first-order valence-electron chi connectivity index (χ1n) is 11.6. The Hall–Kier alpha value is -1.62. The summed E-state index contributed by atoms with van der Waals surface area (Å²) >= 11 is 0. The van der Waals surface area contributed by atoms with Crippen molar-refractivity contribution in [1.29, 1.82) is 0 Å². The van der Waals surface area contributed by atoms with Crippen molar-refractivity contribution in [3.63, 3.8) is 0 Å². The van der Waals surface area contributed by atoms with Crippen LogP contribution in [0, 0.1) is 19.8 Å². The topological polar surface area (TPSA) is 38.9 Å². The molecule has 0 N–H and O–H groups in total. The number of hydrogen-bond donors (Lipinski definition) is 0. The van der Waals surface area contributed by atoms with E-state index in [-0.39, 0.29) is 0 Å². The molecule has 2 rings (SSSR count). The SMILES string of the molecule is CCCCC(CC)CN(CCCc1cnc(C)n1C)CCCc1cnc(C)n1C. The van der Waals surface area contributed by atoms with E-state index in [1.165, 1.54) is 69.5 Å². The molecule has 0 bridgehead atoms. The fraction of sp³-hybridized carbons (Fsp3) is 0.750. The van der Waals surface area contributed by atoms with E-state index in [0.29, 0.717) is 0 Å². The molecule has 1 atom stereocenters. The summed E-state index contributed by atoms with van der Waals surface area (Å²) in [4.78, 5) is 11.6. The molecular formula is C24H43N5. The van der Waals surface area contributed by atoms with Gasteiger partial charge in [0.2, 0.25) is 0 Å². The Morgan fingerprint density at radius 1 is 0.862 bits per heavy atom. The molecule has 29 heavy (non-hydrogen) atoms. The molecule has 2 aromatic rings. The molecular weight excluding hydrogens is 358 g/mol. The van der Waals surface area contributed by atoms with Crippen molar-refractivity contribution < 1.29 is 0 Å². The highest BCUT2D eigenvalue weighted by Crippen LogP contribution is 2.16. The Kier molecular flexibility index (Phi) is 9.92. The summed E-state index contributed by atoms with van der Waals surface area (Å²) in [7, 11) is 4.26. The number of imidazole rings is 2. The molecule has 2 aromatic heterocycles. The van der Waals surface area contributed by atoms with Gasteiger partial charge in [0.05, 0.1) is 0 Å². The Morgan fingerprint density at radius 3 is 1.76 bits per heavy atom. The molecule has 0 aromatic carbocycles. The van der Waals surface area contributed by atoms with Crippen molar-refractivity contribution in [2.75, 3.05) is 19.6 Å². The van der Waals surface area contributed by atoms with Gasteiger partial charge in [0, 0.05) is 44.4 Å². The van der Waals surface area contributed by atoms with Crippen LogP contribution in [0.4, 0.5) is 0 Å². The van der Waals surface area contributed by atoms with Crippen molar-refractivity contribution in [2.45, 2.75) is 79.1 Å². The maximum Gasteiger partial charge on any atom is 0.105 e. The summed E-state index contributed by atoms with van der Waals surface area (Å²) in [5, 5.41) is 0. The summed E-state index contributed by atoms with van der Waals surface area (Å²) in [6.45, 7) is 12.4. The molecule has 0 saturated carbocycles. The van der Waals surface area contributed by atoms with E-state index in [4.69, 9.17) is 0 Å². The summed E-state index contributed by atoms with van der Waals surface area (Å²) in [5.41, 5.74) is 2.71. The molecule has 0 amide bonds. The fourth-order valence-corrected chi connectivity index (χ4v) is 4.11. The zero-order valence-electron chi connectivity index (χ0n) is 19.7. The van der Waals surface area contributed by atoms with Gasteiger partial charge in [0.15, 0.2) is 0 Å². The Bertz CT molecular complexity index is 663. The van der Waals surface area contributed by atoms with E-state index in [1.54, 1.807) is 0 Å². The lowest BCUT2D eigenvalue weighted by atomic mass is 9.98. The molecule has 5 nitrogen and oxygen atoms in total. The van der Waals surface area contributed by atoms with Gasteiger partial charge in [-0.2, -0.15) is 0 Å². The van der Waals surface area contributed by atoms with Gasteiger partial charge >= 0.3 is 0 Å². The van der Waals surface area contributed by atoms with Crippen LogP contribution in [0.3, 0.4) is 0 Å². The van der Waals surface area contributed by atoms with E-state index in [9.17, 15) is 0 Å². The van der Waals surface area contributed by atoms with Gasteiger partial charge in [-0.05, 0) is 65.0 Å². The lowest BCUT2D eigenvalue weighted by molar-refractivity contribution is 0.213. The van der Waals surface area contributed by atoms with Gasteiger partial charge in [-0.25, -0.2) is 9.97 Å². The predicted octanol–water partition coefficient (Wildman–Crippen LogP) is 4.85. The van der Waals surface area contributed by atoms with Crippen LogP contribution in [-0.2, 0) is 26.9 Å². The molecule has 164 valence electrons. The molecule has 0 saturated heterocycles. The largest absolute Gasteiger partial charge is 0.335 e. The number of hydrogen-bond acceptors (Lipinski definition) is 3. The van der Waals surface area contributed by atoms with Gasteiger partial charge in [0.25, 0.3) is 0 Å². The zero-order valence-corrected chi connectivity index (χ0v) is 19.7. The molecule has 0 radical (unpaired) electrons. The third-order valence-electron chi connectivity index (χ3n) is 6.51. The van der Waals surface area contributed by atoms with E-state index < -0.39 is 0 Å². The van der Waals surface area contributed by atoms with E-state index in [0.717, 1.165) is 30.4 Å². The monoisotopic (exact) mass is 401 g/mol. The smallest absolute Gasteiger partial charge is 0.105 e. The maximum atomic E-state index is 4.44. The van der Waals surface area contributed by atoms with Crippen LogP contribution in [-0.4, -0.2) is 43.6 Å². The third kappa shape index (κ3) is 7.29. The lowest BCUT2D eigenvalue weighted by Crippen LogP contribution is -2.32. The molecule has 0 fully saturated rings. The van der Waals surface area contributed by atoms with Crippen LogP contribution in [0.15, 0.2) is 12.4 Å². The van der Waals surface area contributed by atoms with Crippen molar-refractivity contribution in [3.05, 3.63) is 35.4 Å². The lowest BCUT2D eigenvalue weighted by Gasteiger charge is -2.27.